The van der Waals surface area contributed by atoms with Gasteiger partial charge in [-0.2, -0.15) is 23.1 Å². The molecule has 0 atom stereocenters. The van der Waals surface area contributed by atoms with Crippen LogP contribution in [0.15, 0.2) is 36.8 Å². The Bertz CT molecular complexity index is 1180. The van der Waals surface area contributed by atoms with Crippen LogP contribution >= 0.6 is 0 Å². The number of hydrogen-bond donors (Lipinski definition) is 3. The molecule has 1 aliphatic rings. The summed E-state index contributed by atoms with van der Waals surface area (Å²) in [6.45, 7) is 0. The Morgan fingerprint density at radius 2 is 1.93 bits per heavy atom. The number of halogens is 3. The van der Waals surface area contributed by atoms with Crippen molar-refractivity contribution in [3.63, 3.8) is 0 Å². The van der Waals surface area contributed by atoms with Crippen molar-refractivity contribution in [2.24, 2.45) is 0 Å². The van der Waals surface area contributed by atoms with Crippen molar-refractivity contribution in [2.75, 3.05) is 10.6 Å². The quantitative estimate of drug-likeness (QED) is 0.487. The molecule has 3 aromatic heterocycles. The first kappa shape index (κ1) is 16.7. The van der Waals surface area contributed by atoms with Crippen molar-refractivity contribution in [2.45, 2.75) is 25.1 Å². The fourth-order valence-electron chi connectivity index (χ4n) is 3.02. The van der Waals surface area contributed by atoms with E-state index >= 15 is 0 Å². The van der Waals surface area contributed by atoms with Gasteiger partial charge in [-0.15, -0.1) is 0 Å². The van der Waals surface area contributed by atoms with Gasteiger partial charge in [0.15, 0.2) is 11.5 Å². The van der Waals surface area contributed by atoms with Gasteiger partial charge in [-0.25, -0.2) is 4.98 Å². The molecule has 4 aromatic rings. The number of nitrogens with one attached hydrogen (secondary N) is 3. The van der Waals surface area contributed by atoms with Gasteiger partial charge >= 0.3 is 6.18 Å². The smallest absolute Gasteiger partial charge is 0.365 e. The number of aromatic amines is 1. The standard InChI is InChI=1S/C18H14F3N7/c19-18(20,21)12-7-11(6-9-2-1-5-22-13(9)12)26-17-27-15-14(23-8-24-15)16(28-17)25-10-3-4-10/h1-2,5-8,10H,3-4H2,(H3,23,24,25,26,27,28). The fourth-order valence-corrected chi connectivity index (χ4v) is 3.02. The Hall–Kier alpha value is -3.43. The van der Waals surface area contributed by atoms with Crippen molar-refractivity contribution in [3.8, 4) is 0 Å². The summed E-state index contributed by atoms with van der Waals surface area (Å²) in [6, 6.07) is 6.13. The van der Waals surface area contributed by atoms with Crippen molar-refractivity contribution in [1.82, 2.24) is 24.9 Å². The predicted octanol–water partition coefficient (Wildman–Crippen LogP) is 4.24. The molecular weight excluding hydrogens is 371 g/mol. The molecule has 28 heavy (non-hydrogen) atoms. The number of nitrogens with zero attached hydrogens (tertiary/aromatic N) is 4. The second-order valence-electron chi connectivity index (χ2n) is 6.64. The van der Waals surface area contributed by atoms with Crippen LogP contribution in [-0.4, -0.2) is 31.0 Å². The summed E-state index contributed by atoms with van der Waals surface area (Å²) in [4.78, 5) is 19.7. The maximum absolute atomic E-state index is 13.5. The van der Waals surface area contributed by atoms with E-state index in [9.17, 15) is 13.2 Å². The molecule has 1 fully saturated rings. The molecule has 1 saturated carbocycles. The van der Waals surface area contributed by atoms with E-state index in [1.165, 1.54) is 12.5 Å². The van der Waals surface area contributed by atoms with Crippen molar-refractivity contribution >= 4 is 39.5 Å². The normalized spacial score (nSPS) is 14.5. The van der Waals surface area contributed by atoms with Crippen molar-refractivity contribution in [1.29, 1.82) is 0 Å². The van der Waals surface area contributed by atoms with Gasteiger partial charge in [0.2, 0.25) is 5.95 Å². The molecule has 3 heterocycles. The Kier molecular flexibility index (Phi) is 3.61. The van der Waals surface area contributed by atoms with Crippen LogP contribution in [0.2, 0.25) is 0 Å². The average molecular weight is 385 g/mol. The summed E-state index contributed by atoms with van der Waals surface area (Å²) < 4.78 is 40.5. The highest BCUT2D eigenvalue weighted by Crippen LogP contribution is 2.36. The van der Waals surface area contributed by atoms with E-state index in [4.69, 9.17) is 0 Å². The summed E-state index contributed by atoms with van der Waals surface area (Å²) >= 11 is 0. The summed E-state index contributed by atoms with van der Waals surface area (Å²) in [5.41, 5.74) is 0.410. The van der Waals surface area contributed by atoms with Crippen LogP contribution < -0.4 is 10.6 Å². The van der Waals surface area contributed by atoms with E-state index in [1.807, 2.05) is 0 Å². The molecule has 0 spiro atoms. The van der Waals surface area contributed by atoms with Crippen LogP contribution in [-0.2, 0) is 6.18 Å². The molecule has 1 aliphatic carbocycles. The third-order valence-corrected chi connectivity index (χ3v) is 4.46. The molecule has 5 rings (SSSR count). The van der Waals surface area contributed by atoms with E-state index in [-0.39, 0.29) is 17.2 Å². The minimum absolute atomic E-state index is 0.0958. The molecule has 0 aliphatic heterocycles. The van der Waals surface area contributed by atoms with E-state index < -0.39 is 11.7 Å². The second-order valence-corrected chi connectivity index (χ2v) is 6.64. The van der Waals surface area contributed by atoms with E-state index in [1.54, 1.807) is 18.2 Å². The first-order valence-electron chi connectivity index (χ1n) is 8.68. The lowest BCUT2D eigenvalue weighted by Crippen LogP contribution is -2.09. The lowest BCUT2D eigenvalue weighted by atomic mass is 10.1. The van der Waals surface area contributed by atoms with Crippen LogP contribution in [0.3, 0.4) is 0 Å². The lowest BCUT2D eigenvalue weighted by molar-refractivity contribution is -0.136. The number of anilines is 3. The lowest BCUT2D eigenvalue weighted by Gasteiger charge is -2.13. The number of hydrogen-bond acceptors (Lipinski definition) is 6. The van der Waals surface area contributed by atoms with Gasteiger partial charge in [0, 0.05) is 23.3 Å². The highest BCUT2D eigenvalue weighted by molar-refractivity contribution is 5.88. The second kappa shape index (κ2) is 6.04. The van der Waals surface area contributed by atoms with Gasteiger partial charge in [0.1, 0.15) is 5.52 Å². The van der Waals surface area contributed by atoms with Crippen LogP contribution in [0, 0.1) is 0 Å². The Morgan fingerprint density at radius 1 is 1.07 bits per heavy atom. The summed E-state index contributed by atoms with van der Waals surface area (Å²) in [7, 11) is 0. The molecule has 7 nitrogen and oxygen atoms in total. The molecular formula is C18H14F3N7. The molecule has 142 valence electrons. The number of imidazole rings is 1. The molecule has 0 amide bonds. The molecule has 0 saturated heterocycles. The fraction of sp³-hybridized carbons (Fsp3) is 0.222. The largest absolute Gasteiger partial charge is 0.418 e. The molecule has 0 unspecified atom stereocenters. The first-order valence-corrected chi connectivity index (χ1v) is 8.68. The molecule has 3 N–H and O–H groups in total. The van der Waals surface area contributed by atoms with Crippen LogP contribution in [0.4, 0.5) is 30.6 Å². The van der Waals surface area contributed by atoms with Gasteiger partial charge in [0.25, 0.3) is 0 Å². The average Bonchev–Trinajstić information content (AvgIpc) is 3.34. The Balaban J connectivity index is 1.58. The number of benzene rings is 1. The van der Waals surface area contributed by atoms with Gasteiger partial charge in [-0.05, 0) is 31.0 Å². The minimum Gasteiger partial charge on any atom is -0.365 e. The summed E-state index contributed by atoms with van der Waals surface area (Å²) in [5, 5.41) is 6.53. The number of fused-ring (bicyclic) bond motifs is 2. The molecule has 0 radical (unpaired) electrons. The monoisotopic (exact) mass is 385 g/mol. The van der Waals surface area contributed by atoms with E-state index in [2.05, 4.69) is 35.6 Å². The highest BCUT2D eigenvalue weighted by atomic mass is 19.4. The molecule has 0 bridgehead atoms. The number of rotatable bonds is 4. The van der Waals surface area contributed by atoms with Crippen LogP contribution in [0.25, 0.3) is 22.1 Å². The number of alkyl halides is 3. The van der Waals surface area contributed by atoms with E-state index in [0.29, 0.717) is 28.4 Å². The topological polar surface area (TPSA) is 91.4 Å². The SMILES string of the molecule is FC(F)(F)c1cc(Nc2nc(NC3CC3)c3nc[nH]c3n2)cc2cccnc12. The first-order chi connectivity index (χ1) is 13.5. The third kappa shape index (κ3) is 3.06. The zero-order valence-corrected chi connectivity index (χ0v) is 14.4. The van der Waals surface area contributed by atoms with Gasteiger partial charge in [-0.3, -0.25) is 4.98 Å². The van der Waals surface area contributed by atoms with Crippen LogP contribution in [0.5, 0.6) is 0 Å². The zero-order chi connectivity index (χ0) is 19.3. The number of pyridine rings is 1. The van der Waals surface area contributed by atoms with Gasteiger partial charge < -0.3 is 15.6 Å². The Morgan fingerprint density at radius 3 is 2.71 bits per heavy atom. The van der Waals surface area contributed by atoms with Crippen molar-refractivity contribution in [3.05, 3.63) is 42.4 Å². The van der Waals surface area contributed by atoms with E-state index in [0.717, 1.165) is 18.9 Å². The number of H-pyrrole nitrogens is 1. The van der Waals surface area contributed by atoms with Gasteiger partial charge in [0.05, 0.1) is 17.4 Å². The van der Waals surface area contributed by atoms with Crippen molar-refractivity contribution < 1.29 is 13.2 Å². The minimum atomic E-state index is -4.53. The van der Waals surface area contributed by atoms with Gasteiger partial charge in [-0.1, -0.05) is 6.07 Å². The number of aromatic nitrogens is 5. The zero-order valence-electron chi connectivity index (χ0n) is 14.4. The summed E-state index contributed by atoms with van der Waals surface area (Å²) in [6.07, 6.45) is 0.411. The van der Waals surface area contributed by atoms with Crippen LogP contribution in [0.1, 0.15) is 18.4 Å². The maximum atomic E-state index is 13.5. The Labute approximate surface area is 156 Å². The molecule has 1 aromatic carbocycles. The maximum Gasteiger partial charge on any atom is 0.418 e. The third-order valence-electron chi connectivity index (χ3n) is 4.46. The predicted molar refractivity (Wildman–Crippen MR) is 98.4 cm³/mol. The highest BCUT2D eigenvalue weighted by Gasteiger charge is 2.34. The molecule has 10 heteroatoms. The summed E-state index contributed by atoms with van der Waals surface area (Å²) in [5.74, 6) is 0.728.